The van der Waals surface area contributed by atoms with Crippen LogP contribution < -0.4 is 4.90 Å². The van der Waals surface area contributed by atoms with Crippen LogP contribution in [-0.4, -0.2) is 18.1 Å². The molecule has 1 aromatic heterocycles. The Balaban J connectivity index is 2.21. The zero-order valence-corrected chi connectivity index (χ0v) is 9.04. The molecule has 1 aliphatic heterocycles. The molecule has 2 heterocycles. The van der Waals surface area contributed by atoms with Crippen LogP contribution in [-0.2, 0) is 0 Å². The van der Waals surface area contributed by atoms with Gasteiger partial charge in [-0.25, -0.2) is 0 Å². The lowest BCUT2D eigenvalue weighted by Gasteiger charge is -2.33. The van der Waals surface area contributed by atoms with Gasteiger partial charge in [0.05, 0.1) is 5.52 Å². The van der Waals surface area contributed by atoms with Crippen molar-refractivity contribution in [3.8, 4) is 0 Å². The van der Waals surface area contributed by atoms with Crippen molar-refractivity contribution in [3.63, 3.8) is 0 Å². The van der Waals surface area contributed by atoms with Gasteiger partial charge in [-0.1, -0.05) is 11.6 Å². The summed E-state index contributed by atoms with van der Waals surface area (Å²) in [4.78, 5) is 6.71. The van der Waals surface area contributed by atoms with Crippen LogP contribution in [0.15, 0.2) is 30.5 Å². The molecule has 0 amide bonds. The van der Waals surface area contributed by atoms with E-state index in [1.807, 2.05) is 18.3 Å². The summed E-state index contributed by atoms with van der Waals surface area (Å²) in [5.41, 5.74) is 2.26. The van der Waals surface area contributed by atoms with E-state index in [2.05, 4.69) is 22.0 Å². The van der Waals surface area contributed by atoms with Gasteiger partial charge in [0.2, 0.25) is 0 Å². The van der Waals surface area contributed by atoms with E-state index in [-0.39, 0.29) is 0 Å². The van der Waals surface area contributed by atoms with Crippen molar-refractivity contribution in [3.05, 3.63) is 35.5 Å². The van der Waals surface area contributed by atoms with Gasteiger partial charge in [-0.2, -0.15) is 0 Å². The Morgan fingerprint density at radius 2 is 2.07 bits per heavy atom. The number of anilines is 1. The van der Waals surface area contributed by atoms with Gasteiger partial charge >= 0.3 is 0 Å². The van der Waals surface area contributed by atoms with Crippen LogP contribution in [0.5, 0.6) is 0 Å². The third kappa shape index (κ3) is 1.45. The van der Waals surface area contributed by atoms with Gasteiger partial charge in [0, 0.05) is 35.4 Å². The molecule has 2 aromatic rings. The first-order valence-electron chi connectivity index (χ1n) is 5.14. The summed E-state index contributed by atoms with van der Waals surface area (Å²) in [5.74, 6) is 0. The first kappa shape index (κ1) is 8.98. The molecule has 1 fully saturated rings. The Bertz CT molecular complexity index is 506. The molecule has 0 aliphatic carbocycles. The van der Waals surface area contributed by atoms with Gasteiger partial charge in [-0.3, -0.25) is 4.98 Å². The molecule has 0 radical (unpaired) electrons. The molecule has 15 heavy (non-hydrogen) atoms. The van der Waals surface area contributed by atoms with Crippen LogP contribution in [0.3, 0.4) is 0 Å². The van der Waals surface area contributed by atoms with Gasteiger partial charge < -0.3 is 4.90 Å². The Morgan fingerprint density at radius 1 is 1.20 bits per heavy atom. The summed E-state index contributed by atoms with van der Waals surface area (Å²) in [6.07, 6.45) is 3.14. The quantitative estimate of drug-likeness (QED) is 0.731. The molecular weight excluding hydrogens is 208 g/mol. The average molecular weight is 219 g/mol. The fourth-order valence-corrected chi connectivity index (χ4v) is 2.11. The molecule has 0 spiro atoms. The molecule has 2 nitrogen and oxygen atoms in total. The first-order chi connectivity index (χ1) is 7.34. The molecule has 0 N–H and O–H groups in total. The third-order valence-corrected chi connectivity index (χ3v) is 3.11. The monoisotopic (exact) mass is 218 g/mol. The number of benzene rings is 1. The maximum atomic E-state index is 5.94. The van der Waals surface area contributed by atoms with Crippen molar-refractivity contribution in [2.24, 2.45) is 0 Å². The average Bonchev–Trinajstić information content (AvgIpc) is 2.15. The Morgan fingerprint density at radius 3 is 2.80 bits per heavy atom. The Kier molecular flexibility index (Phi) is 2.03. The standard InChI is InChI=1S/C12H11ClN2/c13-9-2-3-10-11(8-9)14-5-4-12(10)15-6-1-7-15/h2-5,8H,1,6-7H2. The third-order valence-electron chi connectivity index (χ3n) is 2.88. The molecule has 1 aromatic carbocycles. The van der Waals surface area contributed by atoms with E-state index in [0.29, 0.717) is 0 Å². The minimum Gasteiger partial charge on any atom is -0.371 e. The fraction of sp³-hybridized carbons (Fsp3) is 0.250. The summed E-state index contributed by atoms with van der Waals surface area (Å²) >= 11 is 5.94. The minimum absolute atomic E-state index is 0.746. The molecule has 3 rings (SSSR count). The van der Waals surface area contributed by atoms with Crippen LogP contribution in [0, 0.1) is 0 Å². The molecule has 3 heteroatoms. The number of halogens is 1. The topological polar surface area (TPSA) is 16.1 Å². The summed E-state index contributed by atoms with van der Waals surface area (Å²) in [5, 5.41) is 1.94. The summed E-state index contributed by atoms with van der Waals surface area (Å²) in [6.45, 7) is 2.31. The summed E-state index contributed by atoms with van der Waals surface area (Å²) in [7, 11) is 0. The number of fused-ring (bicyclic) bond motifs is 1. The number of nitrogens with zero attached hydrogens (tertiary/aromatic N) is 2. The number of rotatable bonds is 1. The normalized spacial score (nSPS) is 15.4. The molecule has 1 saturated heterocycles. The van der Waals surface area contributed by atoms with Gasteiger partial charge in [-0.05, 0) is 30.7 Å². The molecule has 1 aliphatic rings. The lowest BCUT2D eigenvalue weighted by Crippen LogP contribution is -2.37. The highest BCUT2D eigenvalue weighted by atomic mass is 35.5. The van der Waals surface area contributed by atoms with Crippen LogP contribution in [0.4, 0.5) is 5.69 Å². The van der Waals surface area contributed by atoms with E-state index >= 15 is 0 Å². The Labute approximate surface area is 93.5 Å². The highest BCUT2D eigenvalue weighted by Crippen LogP contribution is 2.29. The highest BCUT2D eigenvalue weighted by molar-refractivity contribution is 6.31. The predicted molar refractivity (Wildman–Crippen MR) is 63.6 cm³/mol. The first-order valence-corrected chi connectivity index (χ1v) is 5.51. The second kappa shape index (κ2) is 3.38. The molecule has 76 valence electrons. The van der Waals surface area contributed by atoms with Crippen LogP contribution >= 0.6 is 11.6 Å². The SMILES string of the molecule is Clc1ccc2c(N3CCC3)ccnc2c1. The molecule has 0 bridgehead atoms. The van der Waals surface area contributed by atoms with Crippen molar-refractivity contribution in [2.45, 2.75) is 6.42 Å². The van der Waals surface area contributed by atoms with E-state index in [4.69, 9.17) is 11.6 Å². The van der Waals surface area contributed by atoms with Gasteiger partial charge in [0.1, 0.15) is 0 Å². The number of pyridine rings is 1. The van der Waals surface area contributed by atoms with Gasteiger partial charge in [0.15, 0.2) is 0 Å². The van der Waals surface area contributed by atoms with E-state index in [1.54, 1.807) is 0 Å². The van der Waals surface area contributed by atoms with Crippen molar-refractivity contribution >= 4 is 28.2 Å². The zero-order valence-electron chi connectivity index (χ0n) is 8.28. The highest BCUT2D eigenvalue weighted by Gasteiger charge is 2.16. The maximum Gasteiger partial charge on any atom is 0.0737 e. The number of hydrogen-bond acceptors (Lipinski definition) is 2. The Hall–Kier alpha value is -1.28. The molecular formula is C12H11ClN2. The number of hydrogen-bond donors (Lipinski definition) is 0. The van der Waals surface area contributed by atoms with Crippen molar-refractivity contribution in [1.82, 2.24) is 4.98 Å². The second-order valence-corrected chi connectivity index (χ2v) is 4.27. The predicted octanol–water partition coefficient (Wildman–Crippen LogP) is 3.10. The summed E-state index contributed by atoms with van der Waals surface area (Å²) < 4.78 is 0. The fourth-order valence-electron chi connectivity index (χ4n) is 1.94. The van der Waals surface area contributed by atoms with Crippen molar-refractivity contribution in [2.75, 3.05) is 18.0 Å². The maximum absolute atomic E-state index is 5.94. The summed E-state index contributed by atoms with van der Waals surface area (Å²) in [6, 6.07) is 7.97. The lowest BCUT2D eigenvalue weighted by atomic mass is 10.1. The lowest BCUT2D eigenvalue weighted by molar-refractivity contribution is 0.619. The smallest absolute Gasteiger partial charge is 0.0737 e. The largest absolute Gasteiger partial charge is 0.371 e. The van der Waals surface area contributed by atoms with Crippen LogP contribution in [0.1, 0.15) is 6.42 Å². The second-order valence-electron chi connectivity index (χ2n) is 3.83. The van der Waals surface area contributed by atoms with Crippen LogP contribution in [0.2, 0.25) is 5.02 Å². The van der Waals surface area contributed by atoms with E-state index in [0.717, 1.165) is 23.6 Å². The molecule has 0 atom stereocenters. The molecule has 0 saturated carbocycles. The van der Waals surface area contributed by atoms with Crippen molar-refractivity contribution in [1.29, 1.82) is 0 Å². The minimum atomic E-state index is 0.746. The van der Waals surface area contributed by atoms with E-state index in [9.17, 15) is 0 Å². The number of aromatic nitrogens is 1. The van der Waals surface area contributed by atoms with Gasteiger partial charge in [-0.15, -0.1) is 0 Å². The van der Waals surface area contributed by atoms with E-state index < -0.39 is 0 Å². The van der Waals surface area contributed by atoms with Gasteiger partial charge in [0.25, 0.3) is 0 Å². The van der Waals surface area contributed by atoms with E-state index in [1.165, 1.54) is 17.5 Å². The molecule has 0 unspecified atom stereocenters. The van der Waals surface area contributed by atoms with Crippen molar-refractivity contribution < 1.29 is 0 Å². The van der Waals surface area contributed by atoms with Crippen LogP contribution in [0.25, 0.3) is 10.9 Å². The zero-order chi connectivity index (χ0) is 10.3.